The number of benzene rings is 1. The molecule has 1 aromatic rings. The van der Waals surface area contributed by atoms with E-state index in [1.807, 2.05) is 0 Å². The van der Waals surface area contributed by atoms with Gasteiger partial charge in [0.05, 0.1) is 12.2 Å². The molecule has 2 unspecified atom stereocenters. The van der Waals surface area contributed by atoms with Gasteiger partial charge in [0.15, 0.2) is 11.6 Å². The van der Waals surface area contributed by atoms with Crippen LogP contribution in [-0.4, -0.2) is 27.5 Å². The van der Waals surface area contributed by atoms with Crippen molar-refractivity contribution in [3.63, 3.8) is 0 Å². The number of aliphatic hydroxyl groups is 2. The monoisotopic (exact) mass is 286 g/mol. The van der Waals surface area contributed by atoms with Crippen LogP contribution in [0.3, 0.4) is 0 Å². The van der Waals surface area contributed by atoms with E-state index in [1.54, 1.807) is 6.92 Å². The van der Waals surface area contributed by atoms with Crippen molar-refractivity contribution in [2.75, 3.05) is 0 Å². The Kier molecular flexibility index (Phi) is 4.60. The molecular formula is C15H20F2O3. The lowest BCUT2D eigenvalue weighted by atomic mass is 9.75. The van der Waals surface area contributed by atoms with Gasteiger partial charge in [-0.25, -0.2) is 4.39 Å². The Morgan fingerprint density at radius 3 is 2.20 bits per heavy atom. The molecule has 1 saturated carbocycles. The molecule has 20 heavy (non-hydrogen) atoms. The zero-order valence-electron chi connectivity index (χ0n) is 11.4. The minimum absolute atomic E-state index is 0.00345. The molecule has 1 aliphatic rings. The zero-order valence-corrected chi connectivity index (χ0v) is 11.4. The summed E-state index contributed by atoms with van der Waals surface area (Å²) in [6.07, 6.45) is 1.06. The van der Waals surface area contributed by atoms with Crippen molar-refractivity contribution in [2.24, 2.45) is 5.92 Å². The van der Waals surface area contributed by atoms with Gasteiger partial charge in [-0.2, -0.15) is 4.39 Å². The summed E-state index contributed by atoms with van der Waals surface area (Å²) in [6.45, 7) is 1.55. The second kappa shape index (κ2) is 6.06. The maximum Gasteiger partial charge on any atom is 0.200 e. The molecule has 0 amide bonds. The van der Waals surface area contributed by atoms with E-state index in [0.717, 1.165) is 0 Å². The Labute approximate surface area is 116 Å². The molecule has 0 saturated heterocycles. The third-order valence-corrected chi connectivity index (χ3v) is 4.28. The van der Waals surface area contributed by atoms with E-state index in [9.17, 15) is 19.0 Å². The fraction of sp³-hybridized carbons (Fsp3) is 0.600. The highest BCUT2D eigenvalue weighted by atomic mass is 19.2. The van der Waals surface area contributed by atoms with Crippen LogP contribution in [0.25, 0.3) is 0 Å². The maximum absolute atomic E-state index is 13.8. The Bertz CT molecular complexity index is 468. The largest absolute Gasteiger partial charge is 0.505 e. The van der Waals surface area contributed by atoms with Crippen molar-refractivity contribution >= 4 is 0 Å². The van der Waals surface area contributed by atoms with E-state index in [2.05, 4.69) is 0 Å². The van der Waals surface area contributed by atoms with E-state index >= 15 is 0 Å². The van der Waals surface area contributed by atoms with Crippen LogP contribution in [0.2, 0.25) is 0 Å². The predicted octanol–water partition coefficient (Wildman–Crippen LogP) is 2.69. The number of hydrogen-bond donors (Lipinski definition) is 3. The normalized spacial score (nSPS) is 26.2. The van der Waals surface area contributed by atoms with Gasteiger partial charge in [0, 0.05) is 0 Å². The van der Waals surface area contributed by atoms with Crippen LogP contribution in [0, 0.1) is 17.6 Å². The first kappa shape index (κ1) is 15.2. The SMILES string of the molecule is CC(O)C(O)C1CCC(c2ccc(O)c(F)c2F)CC1. The lowest BCUT2D eigenvalue weighted by Crippen LogP contribution is -2.33. The van der Waals surface area contributed by atoms with Crippen LogP contribution < -0.4 is 0 Å². The van der Waals surface area contributed by atoms with Gasteiger partial charge in [0.2, 0.25) is 5.82 Å². The predicted molar refractivity (Wildman–Crippen MR) is 70.4 cm³/mol. The van der Waals surface area contributed by atoms with Gasteiger partial charge >= 0.3 is 0 Å². The molecule has 0 bridgehead atoms. The van der Waals surface area contributed by atoms with Crippen molar-refractivity contribution < 1.29 is 24.1 Å². The first-order valence-corrected chi connectivity index (χ1v) is 6.94. The van der Waals surface area contributed by atoms with Crippen molar-refractivity contribution in [2.45, 2.75) is 50.7 Å². The molecule has 0 radical (unpaired) electrons. The average molecular weight is 286 g/mol. The number of phenolic OH excluding ortho intramolecular Hbond substituents is 1. The highest BCUT2D eigenvalue weighted by Crippen LogP contribution is 2.39. The van der Waals surface area contributed by atoms with Gasteiger partial charge in [-0.3, -0.25) is 0 Å². The summed E-state index contributed by atoms with van der Waals surface area (Å²) in [7, 11) is 0. The van der Waals surface area contributed by atoms with E-state index in [4.69, 9.17) is 5.11 Å². The van der Waals surface area contributed by atoms with E-state index in [1.165, 1.54) is 12.1 Å². The lowest BCUT2D eigenvalue weighted by Gasteiger charge is -2.33. The molecule has 0 aliphatic heterocycles. The maximum atomic E-state index is 13.8. The Balaban J connectivity index is 2.06. The van der Waals surface area contributed by atoms with Crippen LogP contribution in [0.1, 0.15) is 44.1 Å². The third kappa shape index (κ3) is 2.94. The fourth-order valence-electron chi connectivity index (χ4n) is 3.04. The molecular weight excluding hydrogens is 266 g/mol. The van der Waals surface area contributed by atoms with Gasteiger partial charge in [-0.05, 0) is 56.1 Å². The fourth-order valence-corrected chi connectivity index (χ4v) is 3.04. The van der Waals surface area contributed by atoms with Crippen LogP contribution >= 0.6 is 0 Å². The van der Waals surface area contributed by atoms with Gasteiger partial charge in [-0.15, -0.1) is 0 Å². The molecule has 1 aliphatic carbocycles. The third-order valence-electron chi connectivity index (χ3n) is 4.28. The Morgan fingerprint density at radius 2 is 1.65 bits per heavy atom. The Hall–Kier alpha value is -1.20. The highest BCUT2D eigenvalue weighted by molar-refractivity contribution is 5.32. The molecule has 1 fully saturated rings. The molecule has 5 heteroatoms. The van der Waals surface area contributed by atoms with E-state index in [-0.39, 0.29) is 17.4 Å². The summed E-state index contributed by atoms with van der Waals surface area (Å²) in [4.78, 5) is 0. The van der Waals surface area contributed by atoms with Crippen molar-refractivity contribution in [3.05, 3.63) is 29.3 Å². The topological polar surface area (TPSA) is 60.7 Å². The van der Waals surface area contributed by atoms with Crippen molar-refractivity contribution in [1.29, 1.82) is 0 Å². The van der Waals surface area contributed by atoms with Gasteiger partial charge in [0.25, 0.3) is 0 Å². The Morgan fingerprint density at radius 1 is 1.05 bits per heavy atom. The summed E-state index contributed by atoms with van der Waals surface area (Å²) in [5.41, 5.74) is 0.283. The number of phenols is 1. The molecule has 3 N–H and O–H groups in total. The number of aliphatic hydroxyl groups excluding tert-OH is 2. The van der Waals surface area contributed by atoms with E-state index < -0.39 is 29.6 Å². The lowest BCUT2D eigenvalue weighted by molar-refractivity contribution is -0.0191. The van der Waals surface area contributed by atoms with Crippen LogP contribution in [0.15, 0.2) is 12.1 Å². The molecule has 0 heterocycles. The van der Waals surface area contributed by atoms with Crippen LogP contribution in [0.5, 0.6) is 5.75 Å². The molecule has 1 aromatic carbocycles. The van der Waals surface area contributed by atoms with Gasteiger partial charge < -0.3 is 15.3 Å². The second-order valence-electron chi connectivity index (χ2n) is 5.64. The molecule has 3 nitrogen and oxygen atoms in total. The number of halogens is 2. The van der Waals surface area contributed by atoms with Crippen molar-refractivity contribution in [3.8, 4) is 5.75 Å². The van der Waals surface area contributed by atoms with Gasteiger partial charge in [0.1, 0.15) is 0 Å². The smallest absolute Gasteiger partial charge is 0.200 e. The van der Waals surface area contributed by atoms with E-state index in [0.29, 0.717) is 25.7 Å². The number of aromatic hydroxyl groups is 1. The van der Waals surface area contributed by atoms with Crippen LogP contribution in [0.4, 0.5) is 8.78 Å². The number of hydrogen-bond acceptors (Lipinski definition) is 3. The summed E-state index contributed by atoms with van der Waals surface area (Å²) < 4.78 is 27.2. The van der Waals surface area contributed by atoms with Crippen LogP contribution in [-0.2, 0) is 0 Å². The van der Waals surface area contributed by atoms with Gasteiger partial charge in [-0.1, -0.05) is 6.07 Å². The molecule has 0 spiro atoms. The zero-order chi connectivity index (χ0) is 14.9. The first-order chi connectivity index (χ1) is 9.41. The summed E-state index contributed by atoms with van der Waals surface area (Å²) in [6, 6.07) is 2.59. The molecule has 2 rings (SSSR count). The molecule has 112 valence electrons. The molecule has 2 atom stereocenters. The average Bonchev–Trinajstić information content (AvgIpc) is 2.44. The number of rotatable bonds is 3. The standard InChI is InChI=1S/C15H20F2O3/c1-8(18)15(20)10-4-2-9(3-5-10)11-6-7-12(19)14(17)13(11)16/h6-10,15,18-20H,2-5H2,1H3. The molecule has 0 aromatic heterocycles. The summed E-state index contributed by atoms with van der Waals surface area (Å²) in [5, 5.41) is 28.3. The summed E-state index contributed by atoms with van der Waals surface area (Å²) in [5.74, 6) is -2.97. The minimum Gasteiger partial charge on any atom is -0.505 e. The quantitative estimate of drug-likeness (QED) is 0.800. The first-order valence-electron chi connectivity index (χ1n) is 6.94. The highest BCUT2D eigenvalue weighted by Gasteiger charge is 2.31. The summed E-state index contributed by atoms with van der Waals surface area (Å²) >= 11 is 0. The second-order valence-corrected chi connectivity index (χ2v) is 5.64. The van der Waals surface area contributed by atoms with Crippen molar-refractivity contribution in [1.82, 2.24) is 0 Å². The minimum atomic E-state index is -1.20.